The molecule has 0 radical (unpaired) electrons. The molecule has 0 bridgehead atoms. The number of aryl methyl sites for hydroxylation is 1. The van der Waals surface area contributed by atoms with Crippen molar-refractivity contribution in [3.05, 3.63) is 35.4 Å². The monoisotopic (exact) mass is 307 g/mol. The van der Waals surface area contributed by atoms with Crippen molar-refractivity contribution in [3.8, 4) is 0 Å². The Morgan fingerprint density at radius 3 is 2.82 bits per heavy atom. The Hall–Kier alpha value is -1.43. The number of morpholine rings is 1. The van der Waals surface area contributed by atoms with Crippen LogP contribution in [-0.2, 0) is 19.0 Å². The number of rotatable bonds is 7. The smallest absolute Gasteiger partial charge is 0.303 e. The predicted octanol–water partition coefficient (Wildman–Crippen LogP) is 1.95. The average molecular weight is 307 g/mol. The number of benzene rings is 1. The van der Waals surface area contributed by atoms with Gasteiger partial charge in [-0.25, -0.2) is 0 Å². The molecule has 0 aromatic heterocycles. The zero-order valence-corrected chi connectivity index (χ0v) is 13.4. The first-order chi connectivity index (χ1) is 10.6. The van der Waals surface area contributed by atoms with Crippen LogP contribution in [0.3, 0.4) is 0 Å². The minimum absolute atomic E-state index is 0.289. The van der Waals surface area contributed by atoms with Crippen molar-refractivity contribution in [2.24, 2.45) is 0 Å². The van der Waals surface area contributed by atoms with Gasteiger partial charge in [0.15, 0.2) is 6.10 Å². The maximum atomic E-state index is 11.3. The average Bonchev–Trinajstić information content (AvgIpc) is 2.51. The van der Waals surface area contributed by atoms with Gasteiger partial charge >= 0.3 is 5.97 Å². The van der Waals surface area contributed by atoms with E-state index in [0.29, 0.717) is 13.2 Å². The molecule has 0 spiro atoms. The molecule has 122 valence electrons. The van der Waals surface area contributed by atoms with Crippen molar-refractivity contribution < 1.29 is 19.0 Å². The van der Waals surface area contributed by atoms with Crippen LogP contribution in [0.1, 0.15) is 24.2 Å². The van der Waals surface area contributed by atoms with Crippen molar-refractivity contribution in [2.75, 3.05) is 46.1 Å². The first-order valence-electron chi connectivity index (χ1n) is 7.77. The molecule has 0 aliphatic carbocycles. The normalized spacial score (nSPS) is 17.2. The molecular weight excluding hydrogens is 282 g/mol. The number of hydrogen-bond acceptors (Lipinski definition) is 5. The van der Waals surface area contributed by atoms with Crippen molar-refractivity contribution in [3.63, 3.8) is 0 Å². The fourth-order valence-electron chi connectivity index (χ4n) is 2.48. The van der Waals surface area contributed by atoms with Gasteiger partial charge in [-0.3, -0.25) is 9.69 Å². The van der Waals surface area contributed by atoms with Crippen molar-refractivity contribution in [1.82, 2.24) is 4.90 Å². The van der Waals surface area contributed by atoms with Gasteiger partial charge in [0.05, 0.1) is 26.4 Å². The third kappa shape index (κ3) is 5.75. The van der Waals surface area contributed by atoms with Crippen LogP contribution in [0.5, 0.6) is 0 Å². The standard InChI is InChI=1S/C17H25NO4/c1-14-4-3-5-16(12-14)17(22-15(2)19)13-21-11-8-18-6-9-20-10-7-18/h3-5,12,17H,6-11,13H2,1-2H3. The zero-order chi connectivity index (χ0) is 15.8. The van der Waals surface area contributed by atoms with E-state index < -0.39 is 0 Å². The van der Waals surface area contributed by atoms with Gasteiger partial charge in [0.2, 0.25) is 0 Å². The summed E-state index contributed by atoms with van der Waals surface area (Å²) in [5, 5.41) is 0. The van der Waals surface area contributed by atoms with Gasteiger partial charge in [-0.2, -0.15) is 0 Å². The lowest BCUT2D eigenvalue weighted by atomic mass is 10.1. The molecule has 1 unspecified atom stereocenters. The summed E-state index contributed by atoms with van der Waals surface area (Å²) in [6.45, 7) is 8.83. The number of nitrogens with zero attached hydrogens (tertiary/aromatic N) is 1. The van der Waals surface area contributed by atoms with Crippen LogP contribution in [0.25, 0.3) is 0 Å². The largest absolute Gasteiger partial charge is 0.455 e. The number of carbonyl (C=O) groups is 1. The molecule has 2 rings (SSSR count). The molecule has 1 aliphatic heterocycles. The van der Waals surface area contributed by atoms with Crippen molar-refractivity contribution >= 4 is 5.97 Å². The van der Waals surface area contributed by atoms with Gasteiger partial charge in [-0.05, 0) is 12.5 Å². The minimum atomic E-state index is -0.345. The Morgan fingerprint density at radius 1 is 1.36 bits per heavy atom. The van der Waals surface area contributed by atoms with Gasteiger partial charge in [-0.1, -0.05) is 29.8 Å². The van der Waals surface area contributed by atoms with Crippen LogP contribution in [0.4, 0.5) is 0 Å². The third-order valence-corrected chi connectivity index (χ3v) is 3.65. The second-order valence-electron chi connectivity index (χ2n) is 5.54. The summed E-state index contributed by atoms with van der Waals surface area (Å²) in [5.74, 6) is -0.289. The summed E-state index contributed by atoms with van der Waals surface area (Å²) < 4.78 is 16.4. The molecule has 1 aromatic rings. The Bertz CT molecular complexity index is 471. The van der Waals surface area contributed by atoms with Crippen LogP contribution in [0.2, 0.25) is 0 Å². The molecular formula is C17H25NO4. The highest BCUT2D eigenvalue weighted by Gasteiger charge is 2.16. The second kappa shape index (κ2) is 8.88. The summed E-state index contributed by atoms with van der Waals surface area (Å²) in [5.41, 5.74) is 2.12. The fraction of sp³-hybridized carbons (Fsp3) is 0.588. The minimum Gasteiger partial charge on any atom is -0.455 e. The summed E-state index contributed by atoms with van der Waals surface area (Å²) >= 11 is 0. The van der Waals surface area contributed by atoms with E-state index in [1.165, 1.54) is 6.92 Å². The van der Waals surface area contributed by atoms with Gasteiger partial charge in [-0.15, -0.1) is 0 Å². The van der Waals surface area contributed by atoms with E-state index in [4.69, 9.17) is 14.2 Å². The third-order valence-electron chi connectivity index (χ3n) is 3.65. The summed E-state index contributed by atoms with van der Waals surface area (Å²) in [6, 6.07) is 7.98. The zero-order valence-electron chi connectivity index (χ0n) is 13.4. The molecule has 0 amide bonds. The van der Waals surface area contributed by atoms with E-state index in [1.807, 2.05) is 31.2 Å². The van der Waals surface area contributed by atoms with E-state index in [-0.39, 0.29) is 12.1 Å². The highest BCUT2D eigenvalue weighted by Crippen LogP contribution is 2.19. The van der Waals surface area contributed by atoms with E-state index >= 15 is 0 Å². The maximum Gasteiger partial charge on any atom is 0.303 e. The molecule has 1 heterocycles. The molecule has 0 N–H and O–H groups in total. The second-order valence-corrected chi connectivity index (χ2v) is 5.54. The first kappa shape index (κ1) is 16.9. The van der Waals surface area contributed by atoms with Gasteiger partial charge in [0.1, 0.15) is 0 Å². The van der Waals surface area contributed by atoms with Crippen LogP contribution in [0.15, 0.2) is 24.3 Å². The number of esters is 1. The Balaban J connectivity index is 1.80. The molecule has 1 aromatic carbocycles. The Kier molecular flexibility index (Phi) is 6.83. The number of ether oxygens (including phenoxy) is 3. The first-order valence-corrected chi connectivity index (χ1v) is 7.77. The predicted molar refractivity (Wildman–Crippen MR) is 83.8 cm³/mol. The molecule has 1 fully saturated rings. The highest BCUT2D eigenvalue weighted by atomic mass is 16.6. The van der Waals surface area contributed by atoms with E-state index in [9.17, 15) is 4.79 Å². The Labute approximate surface area is 132 Å². The van der Waals surface area contributed by atoms with Gasteiger partial charge < -0.3 is 14.2 Å². The molecule has 1 saturated heterocycles. The van der Waals surface area contributed by atoms with Gasteiger partial charge in [0.25, 0.3) is 0 Å². The van der Waals surface area contributed by atoms with E-state index in [1.54, 1.807) is 0 Å². The summed E-state index contributed by atoms with van der Waals surface area (Å²) in [6.07, 6.45) is -0.345. The molecule has 5 heteroatoms. The fourth-order valence-corrected chi connectivity index (χ4v) is 2.48. The lowest BCUT2D eigenvalue weighted by Crippen LogP contribution is -2.38. The lowest BCUT2D eigenvalue weighted by Gasteiger charge is -2.26. The van der Waals surface area contributed by atoms with E-state index in [0.717, 1.165) is 44.0 Å². The molecule has 5 nitrogen and oxygen atoms in total. The summed E-state index contributed by atoms with van der Waals surface area (Å²) in [7, 11) is 0. The van der Waals surface area contributed by atoms with Crippen LogP contribution in [-0.4, -0.2) is 56.9 Å². The van der Waals surface area contributed by atoms with Crippen LogP contribution < -0.4 is 0 Å². The number of hydrogen-bond donors (Lipinski definition) is 0. The van der Waals surface area contributed by atoms with E-state index in [2.05, 4.69) is 4.90 Å². The quantitative estimate of drug-likeness (QED) is 0.569. The Morgan fingerprint density at radius 2 is 2.14 bits per heavy atom. The topological polar surface area (TPSA) is 48.0 Å². The van der Waals surface area contributed by atoms with Crippen LogP contribution in [0, 0.1) is 6.92 Å². The molecule has 22 heavy (non-hydrogen) atoms. The van der Waals surface area contributed by atoms with Crippen LogP contribution >= 0.6 is 0 Å². The SMILES string of the molecule is CC(=O)OC(COCCN1CCOCC1)c1cccc(C)c1. The number of carbonyl (C=O) groups excluding carboxylic acids is 1. The molecule has 1 atom stereocenters. The molecule has 0 saturated carbocycles. The van der Waals surface area contributed by atoms with Crippen molar-refractivity contribution in [1.29, 1.82) is 0 Å². The van der Waals surface area contributed by atoms with Crippen molar-refractivity contribution in [2.45, 2.75) is 20.0 Å². The van der Waals surface area contributed by atoms with Gasteiger partial charge in [0, 0.05) is 26.6 Å². The maximum absolute atomic E-state index is 11.3. The summed E-state index contributed by atoms with van der Waals surface area (Å²) in [4.78, 5) is 13.6. The lowest BCUT2D eigenvalue weighted by molar-refractivity contribution is -0.150. The molecule has 1 aliphatic rings. The highest BCUT2D eigenvalue weighted by molar-refractivity contribution is 5.66.